The first-order valence-corrected chi connectivity index (χ1v) is 13.8. The zero-order valence-electron chi connectivity index (χ0n) is 21.9. The van der Waals surface area contributed by atoms with E-state index in [-0.39, 0.29) is 17.9 Å². The van der Waals surface area contributed by atoms with Crippen molar-refractivity contribution >= 4 is 23.3 Å². The molecule has 1 aliphatic carbocycles. The molecule has 1 N–H and O–H groups in total. The first-order valence-electron chi connectivity index (χ1n) is 13.8. The number of anilines is 1. The van der Waals surface area contributed by atoms with E-state index in [1.54, 1.807) is 0 Å². The molecular weight excluding hydrogens is 464 g/mol. The van der Waals surface area contributed by atoms with E-state index in [1.807, 2.05) is 41.6 Å². The van der Waals surface area contributed by atoms with E-state index in [2.05, 4.69) is 22.3 Å². The second kappa shape index (κ2) is 9.80. The normalized spacial score (nSPS) is 21.5. The van der Waals surface area contributed by atoms with Crippen molar-refractivity contribution in [2.45, 2.75) is 70.3 Å². The number of aromatic nitrogens is 3. The first-order chi connectivity index (χ1) is 18.0. The van der Waals surface area contributed by atoms with Crippen molar-refractivity contribution in [3.8, 4) is 0 Å². The number of amides is 2. The van der Waals surface area contributed by atoms with Crippen LogP contribution in [0.5, 0.6) is 0 Å². The third-order valence-corrected chi connectivity index (χ3v) is 8.35. The zero-order chi connectivity index (χ0) is 25.5. The highest BCUT2D eigenvalue weighted by Crippen LogP contribution is 2.38. The molecule has 1 saturated carbocycles. The molecule has 0 radical (unpaired) electrons. The van der Waals surface area contributed by atoms with Gasteiger partial charge >= 0.3 is 0 Å². The Morgan fingerprint density at radius 1 is 0.946 bits per heavy atom. The number of aryl methyl sites for hydroxylation is 2. The van der Waals surface area contributed by atoms with Gasteiger partial charge in [0.1, 0.15) is 5.82 Å². The molecule has 2 bridgehead atoms. The monoisotopic (exact) mass is 500 g/mol. The molecular formula is C29H36N6O2. The Kier molecular flexibility index (Phi) is 6.34. The van der Waals surface area contributed by atoms with Crippen LogP contribution in [-0.2, 0) is 11.2 Å². The van der Waals surface area contributed by atoms with E-state index in [0.29, 0.717) is 44.0 Å². The number of piperidine rings is 1. The standard InChI is InChI=1S/C29H36N6O2/c1-19-9-10-20-11-12-27(36)30-13-15-33(2)28-18-23(21-6-5-7-21)31-26-17-24(32-35(26)28)25-8-3-4-14-34(25)29(37)22(20)16-19/h9-10,16-18,21,25H,3-8,11-15H2,1-2H3,(H,30,36). The van der Waals surface area contributed by atoms with Crippen molar-refractivity contribution in [3.05, 3.63) is 58.4 Å². The molecule has 1 atom stereocenters. The Labute approximate surface area is 218 Å². The van der Waals surface area contributed by atoms with E-state index >= 15 is 0 Å². The Hall–Kier alpha value is -3.42. The van der Waals surface area contributed by atoms with Crippen LogP contribution in [0.1, 0.15) is 89.8 Å². The summed E-state index contributed by atoms with van der Waals surface area (Å²) in [4.78, 5) is 35.9. The predicted octanol–water partition coefficient (Wildman–Crippen LogP) is 4.17. The average Bonchev–Trinajstić information content (AvgIpc) is 3.29. The second-order valence-electron chi connectivity index (χ2n) is 10.9. The number of carbonyl (C=O) groups excluding carboxylic acids is 2. The van der Waals surface area contributed by atoms with Crippen LogP contribution in [0.2, 0.25) is 0 Å². The van der Waals surface area contributed by atoms with Gasteiger partial charge in [-0.25, -0.2) is 4.98 Å². The summed E-state index contributed by atoms with van der Waals surface area (Å²) in [5, 5.41) is 8.12. The Balaban J connectivity index is 1.47. The lowest BCUT2D eigenvalue weighted by Crippen LogP contribution is -2.39. The SMILES string of the molecule is Cc1ccc2c(c1)C(=O)N1CCCCC1c1cc3nc(C4CCC4)cc(n3n1)N(C)CCNC(=O)CC2. The minimum atomic E-state index is -0.0853. The molecule has 1 unspecified atom stereocenters. The molecule has 4 heterocycles. The lowest BCUT2D eigenvalue weighted by molar-refractivity contribution is -0.121. The number of fused-ring (bicyclic) bond motifs is 4. The van der Waals surface area contributed by atoms with E-state index in [9.17, 15) is 9.59 Å². The molecule has 3 aromatic rings. The fourth-order valence-electron chi connectivity index (χ4n) is 5.90. The molecule has 8 nitrogen and oxygen atoms in total. The quantitative estimate of drug-likeness (QED) is 0.542. The first kappa shape index (κ1) is 23.9. The van der Waals surface area contributed by atoms with Crippen LogP contribution in [0.3, 0.4) is 0 Å². The summed E-state index contributed by atoms with van der Waals surface area (Å²) in [7, 11) is 2.05. The number of rotatable bonds is 1. The number of hydrogen-bond acceptors (Lipinski definition) is 5. The van der Waals surface area contributed by atoms with E-state index < -0.39 is 0 Å². The minimum absolute atomic E-state index is 0.00623. The molecule has 37 heavy (non-hydrogen) atoms. The highest BCUT2D eigenvalue weighted by atomic mass is 16.2. The fraction of sp³-hybridized carbons (Fsp3) is 0.517. The fourth-order valence-corrected chi connectivity index (χ4v) is 5.90. The highest BCUT2D eigenvalue weighted by molar-refractivity contribution is 5.96. The number of nitrogens with zero attached hydrogens (tertiary/aromatic N) is 5. The predicted molar refractivity (Wildman–Crippen MR) is 143 cm³/mol. The zero-order valence-corrected chi connectivity index (χ0v) is 21.9. The largest absolute Gasteiger partial charge is 0.358 e. The topological polar surface area (TPSA) is 82.8 Å². The van der Waals surface area contributed by atoms with Gasteiger partial charge in [0, 0.05) is 62.4 Å². The van der Waals surface area contributed by atoms with Gasteiger partial charge in [0.15, 0.2) is 5.65 Å². The highest BCUT2D eigenvalue weighted by Gasteiger charge is 2.33. The number of hydrogen-bond donors (Lipinski definition) is 1. The summed E-state index contributed by atoms with van der Waals surface area (Å²) in [6.45, 7) is 3.94. The van der Waals surface area contributed by atoms with E-state index in [1.165, 1.54) is 19.3 Å². The Bertz CT molecular complexity index is 1340. The summed E-state index contributed by atoms with van der Waals surface area (Å²) in [5.41, 5.74) is 5.56. The van der Waals surface area contributed by atoms with Crippen LogP contribution in [0.4, 0.5) is 5.82 Å². The van der Waals surface area contributed by atoms with Gasteiger partial charge in [-0.2, -0.15) is 9.61 Å². The lowest BCUT2D eigenvalue weighted by atomic mass is 9.83. The van der Waals surface area contributed by atoms with Gasteiger partial charge in [0.2, 0.25) is 5.91 Å². The van der Waals surface area contributed by atoms with Gasteiger partial charge in [0.25, 0.3) is 5.91 Å². The molecule has 194 valence electrons. The molecule has 1 saturated heterocycles. The molecule has 8 heteroatoms. The molecule has 1 aromatic carbocycles. The molecule has 2 aliphatic heterocycles. The smallest absolute Gasteiger partial charge is 0.254 e. The summed E-state index contributed by atoms with van der Waals surface area (Å²) < 4.78 is 1.93. The average molecular weight is 501 g/mol. The second-order valence-corrected chi connectivity index (χ2v) is 10.9. The van der Waals surface area contributed by atoms with E-state index in [0.717, 1.165) is 53.2 Å². The van der Waals surface area contributed by atoms with Crippen molar-refractivity contribution in [2.75, 3.05) is 31.6 Å². The van der Waals surface area contributed by atoms with Crippen LogP contribution in [0.25, 0.3) is 5.65 Å². The third-order valence-electron chi connectivity index (χ3n) is 8.35. The van der Waals surface area contributed by atoms with Crippen molar-refractivity contribution in [1.82, 2.24) is 24.8 Å². The van der Waals surface area contributed by atoms with Crippen LogP contribution >= 0.6 is 0 Å². The minimum Gasteiger partial charge on any atom is -0.358 e. The summed E-state index contributed by atoms with van der Waals surface area (Å²) in [6.07, 6.45) is 7.44. The van der Waals surface area contributed by atoms with Gasteiger partial charge in [-0.15, -0.1) is 0 Å². The van der Waals surface area contributed by atoms with Crippen LogP contribution in [0.15, 0.2) is 30.3 Å². The van der Waals surface area contributed by atoms with Gasteiger partial charge in [0.05, 0.1) is 11.7 Å². The van der Waals surface area contributed by atoms with Gasteiger partial charge in [-0.3, -0.25) is 9.59 Å². The van der Waals surface area contributed by atoms with Crippen molar-refractivity contribution in [1.29, 1.82) is 0 Å². The van der Waals surface area contributed by atoms with Crippen LogP contribution in [0, 0.1) is 6.92 Å². The third kappa shape index (κ3) is 4.58. The number of carbonyl (C=O) groups is 2. The maximum Gasteiger partial charge on any atom is 0.254 e. The summed E-state index contributed by atoms with van der Waals surface area (Å²) in [5.74, 6) is 1.52. The molecule has 0 spiro atoms. The molecule has 2 aromatic heterocycles. The summed E-state index contributed by atoms with van der Waals surface area (Å²) >= 11 is 0. The Morgan fingerprint density at radius 3 is 2.62 bits per heavy atom. The number of benzene rings is 1. The summed E-state index contributed by atoms with van der Waals surface area (Å²) in [6, 6.07) is 10.2. The van der Waals surface area contributed by atoms with Gasteiger partial charge < -0.3 is 15.1 Å². The van der Waals surface area contributed by atoms with E-state index in [4.69, 9.17) is 10.1 Å². The maximum atomic E-state index is 14.0. The van der Waals surface area contributed by atoms with Gasteiger partial charge in [-0.05, 0) is 57.1 Å². The van der Waals surface area contributed by atoms with Crippen LogP contribution in [-0.4, -0.2) is 58.0 Å². The number of nitrogens with one attached hydrogen (secondary N) is 1. The molecule has 2 amide bonds. The Morgan fingerprint density at radius 2 is 1.81 bits per heavy atom. The molecule has 3 aliphatic rings. The van der Waals surface area contributed by atoms with Gasteiger partial charge in [-0.1, -0.05) is 24.1 Å². The maximum absolute atomic E-state index is 14.0. The van der Waals surface area contributed by atoms with Crippen molar-refractivity contribution in [3.63, 3.8) is 0 Å². The van der Waals surface area contributed by atoms with Crippen molar-refractivity contribution in [2.24, 2.45) is 0 Å². The van der Waals surface area contributed by atoms with Crippen LogP contribution < -0.4 is 10.2 Å². The molecule has 2 fully saturated rings. The van der Waals surface area contributed by atoms with Crippen molar-refractivity contribution < 1.29 is 9.59 Å². The molecule has 6 rings (SSSR count). The lowest BCUT2D eigenvalue weighted by Gasteiger charge is -2.35. The number of likely N-dealkylation sites (N-methyl/N-ethyl adjacent to an activating group) is 1.